The maximum absolute atomic E-state index is 14.1. The Morgan fingerprint density at radius 3 is 2.55 bits per heavy atom. The van der Waals surface area contributed by atoms with Crippen molar-refractivity contribution in [2.45, 2.75) is 26.4 Å². The van der Waals surface area contributed by atoms with Gasteiger partial charge in [-0.1, -0.05) is 35.9 Å². The molecule has 274 valence electrons. The fourth-order valence-electron chi connectivity index (χ4n) is 6.52. The topological polar surface area (TPSA) is 123 Å². The standard InChI is InChI=1S/C40H39ClFN5O6/c1-4-50-37-27(21-26-7-5-6-8-30(26)45-37)22-32(40(48)49)52-38-34-33(36(53-39(34)44-23-43-38)25-9-11-28(42)12-10-25)29-13-14-31(35(41)24(29)2)51-20-19-47-17-15-46(3)16-18-47/h5-14,21,23,32H,4,15-20,22H2,1-3H3,(H,48,49). The van der Waals surface area contributed by atoms with Crippen molar-refractivity contribution in [1.82, 2.24) is 24.8 Å². The van der Waals surface area contributed by atoms with E-state index in [2.05, 4.69) is 31.8 Å². The number of aliphatic carboxylic acids is 1. The minimum Gasteiger partial charge on any atom is -0.491 e. The predicted molar refractivity (Wildman–Crippen MR) is 200 cm³/mol. The second kappa shape index (κ2) is 15.7. The molecule has 6 aromatic rings. The minimum atomic E-state index is -1.40. The molecular weight excluding hydrogens is 701 g/mol. The van der Waals surface area contributed by atoms with E-state index in [9.17, 15) is 14.3 Å². The van der Waals surface area contributed by atoms with Crippen LogP contribution in [-0.4, -0.2) is 94.9 Å². The molecule has 53 heavy (non-hydrogen) atoms. The molecule has 0 radical (unpaired) electrons. The molecular formula is C40H39ClFN5O6. The third kappa shape index (κ3) is 7.75. The summed E-state index contributed by atoms with van der Waals surface area (Å²) in [7, 11) is 2.12. The van der Waals surface area contributed by atoms with Crippen molar-refractivity contribution in [1.29, 1.82) is 0 Å². The lowest BCUT2D eigenvalue weighted by molar-refractivity contribution is -0.145. The molecule has 3 aromatic heterocycles. The van der Waals surface area contributed by atoms with Gasteiger partial charge in [0.2, 0.25) is 23.6 Å². The molecule has 1 aliphatic rings. The number of likely N-dealkylation sites (N-methyl/N-ethyl adjacent to an activating group) is 1. The predicted octanol–water partition coefficient (Wildman–Crippen LogP) is 7.31. The van der Waals surface area contributed by atoms with Gasteiger partial charge in [0.1, 0.15) is 35.6 Å². The van der Waals surface area contributed by atoms with Crippen molar-refractivity contribution in [3.63, 3.8) is 0 Å². The van der Waals surface area contributed by atoms with Gasteiger partial charge in [-0.15, -0.1) is 0 Å². The van der Waals surface area contributed by atoms with Gasteiger partial charge >= 0.3 is 5.97 Å². The number of carboxylic acids is 1. The van der Waals surface area contributed by atoms with Gasteiger partial charge in [0.05, 0.1) is 17.1 Å². The van der Waals surface area contributed by atoms with Gasteiger partial charge in [0.25, 0.3) is 0 Å². The van der Waals surface area contributed by atoms with Crippen molar-refractivity contribution in [2.24, 2.45) is 0 Å². The maximum Gasteiger partial charge on any atom is 0.345 e. The average molecular weight is 740 g/mol. The minimum absolute atomic E-state index is 0.00996. The Kier molecular flexibility index (Phi) is 10.7. The van der Waals surface area contributed by atoms with E-state index in [1.807, 2.05) is 50.2 Å². The SMILES string of the molecule is CCOc1nc2ccccc2cc1CC(Oc1ncnc2oc(-c3ccc(F)cc3)c(-c3ccc(OCCN4CCN(C)CC4)c(Cl)c3C)c12)C(=O)O. The molecule has 0 spiro atoms. The zero-order chi connectivity index (χ0) is 37.1. The number of carboxylic acid groups (broad SMARTS) is 1. The highest BCUT2D eigenvalue weighted by Gasteiger charge is 2.30. The Labute approximate surface area is 310 Å². The number of carbonyl (C=O) groups is 1. The van der Waals surface area contributed by atoms with Crippen LogP contribution in [-0.2, 0) is 11.2 Å². The summed E-state index contributed by atoms with van der Waals surface area (Å²) in [5.41, 5.74) is 3.85. The number of nitrogens with zero attached hydrogens (tertiary/aromatic N) is 5. The molecule has 0 aliphatic carbocycles. The number of hydrogen-bond donors (Lipinski definition) is 1. The first kappa shape index (κ1) is 36.1. The van der Waals surface area contributed by atoms with Crippen LogP contribution in [0.4, 0.5) is 4.39 Å². The highest BCUT2D eigenvalue weighted by atomic mass is 35.5. The van der Waals surface area contributed by atoms with E-state index in [4.69, 9.17) is 30.2 Å². The average Bonchev–Trinajstić information content (AvgIpc) is 3.54. The Morgan fingerprint density at radius 1 is 1.02 bits per heavy atom. The van der Waals surface area contributed by atoms with Crippen LogP contribution in [0.25, 0.3) is 44.5 Å². The van der Waals surface area contributed by atoms with Crippen LogP contribution in [0.15, 0.2) is 77.5 Å². The molecule has 1 fully saturated rings. The molecule has 1 aliphatic heterocycles. The third-order valence-electron chi connectivity index (χ3n) is 9.42. The lowest BCUT2D eigenvalue weighted by atomic mass is 9.95. The van der Waals surface area contributed by atoms with E-state index >= 15 is 0 Å². The van der Waals surface area contributed by atoms with Crippen molar-refractivity contribution < 1.29 is 32.9 Å². The molecule has 1 saturated heterocycles. The van der Waals surface area contributed by atoms with Crippen LogP contribution >= 0.6 is 11.6 Å². The second-order valence-electron chi connectivity index (χ2n) is 12.9. The largest absolute Gasteiger partial charge is 0.491 e. The normalized spacial score (nSPS) is 14.4. The Morgan fingerprint density at radius 2 is 1.79 bits per heavy atom. The highest BCUT2D eigenvalue weighted by molar-refractivity contribution is 6.33. The second-order valence-corrected chi connectivity index (χ2v) is 13.3. The molecule has 0 amide bonds. The number of piperazine rings is 1. The van der Waals surface area contributed by atoms with Gasteiger partial charge in [-0.3, -0.25) is 4.90 Å². The summed E-state index contributed by atoms with van der Waals surface area (Å²) in [5, 5.41) is 12.0. The Balaban J connectivity index is 1.27. The number of aromatic nitrogens is 3. The van der Waals surface area contributed by atoms with Gasteiger partial charge in [-0.2, -0.15) is 0 Å². The number of benzene rings is 3. The first-order valence-electron chi connectivity index (χ1n) is 17.5. The highest BCUT2D eigenvalue weighted by Crippen LogP contribution is 2.47. The molecule has 11 nitrogen and oxygen atoms in total. The number of pyridine rings is 1. The van der Waals surface area contributed by atoms with Gasteiger partial charge < -0.3 is 28.6 Å². The van der Waals surface area contributed by atoms with Crippen LogP contribution in [0.2, 0.25) is 5.02 Å². The summed E-state index contributed by atoms with van der Waals surface area (Å²) >= 11 is 6.98. The number of para-hydroxylation sites is 1. The van der Waals surface area contributed by atoms with E-state index in [1.54, 1.807) is 18.2 Å². The number of hydrogen-bond acceptors (Lipinski definition) is 10. The van der Waals surface area contributed by atoms with Crippen molar-refractivity contribution in [2.75, 3.05) is 53.0 Å². The monoisotopic (exact) mass is 739 g/mol. The van der Waals surface area contributed by atoms with Gasteiger partial charge in [0, 0.05) is 61.2 Å². The summed E-state index contributed by atoms with van der Waals surface area (Å²) in [6.45, 7) is 9.28. The zero-order valence-electron chi connectivity index (χ0n) is 29.6. The van der Waals surface area contributed by atoms with Crippen LogP contribution in [0, 0.1) is 12.7 Å². The van der Waals surface area contributed by atoms with Crippen LogP contribution in [0.3, 0.4) is 0 Å². The van der Waals surface area contributed by atoms with Crippen LogP contribution < -0.4 is 14.2 Å². The summed E-state index contributed by atoms with van der Waals surface area (Å²) < 4.78 is 38.7. The van der Waals surface area contributed by atoms with Gasteiger partial charge in [0.15, 0.2) is 0 Å². The molecule has 1 unspecified atom stereocenters. The summed E-state index contributed by atoms with van der Waals surface area (Å²) in [6, 6.07) is 18.9. The Bertz CT molecular complexity index is 2260. The number of furan rings is 1. The summed E-state index contributed by atoms with van der Waals surface area (Å²) in [4.78, 5) is 30.9. The van der Waals surface area contributed by atoms with E-state index in [-0.39, 0.29) is 18.0 Å². The summed E-state index contributed by atoms with van der Waals surface area (Å²) in [5.74, 6) is -0.417. The van der Waals surface area contributed by atoms with Crippen molar-refractivity contribution >= 4 is 39.6 Å². The van der Waals surface area contributed by atoms with E-state index in [1.165, 1.54) is 18.5 Å². The number of fused-ring (bicyclic) bond motifs is 2. The fourth-order valence-corrected chi connectivity index (χ4v) is 6.74. The van der Waals surface area contributed by atoms with E-state index in [0.29, 0.717) is 68.8 Å². The number of halogens is 2. The first-order valence-corrected chi connectivity index (χ1v) is 17.9. The third-order valence-corrected chi connectivity index (χ3v) is 9.89. The van der Waals surface area contributed by atoms with E-state index < -0.39 is 17.9 Å². The quantitative estimate of drug-likeness (QED) is 0.128. The van der Waals surface area contributed by atoms with Crippen molar-refractivity contribution in [3.8, 4) is 40.0 Å². The molecule has 3 aromatic carbocycles. The van der Waals surface area contributed by atoms with Crippen LogP contribution in [0.5, 0.6) is 17.5 Å². The lowest BCUT2D eigenvalue weighted by Crippen LogP contribution is -2.45. The molecule has 13 heteroatoms. The molecule has 4 heterocycles. The maximum atomic E-state index is 14.1. The van der Waals surface area contributed by atoms with E-state index in [0.717, 1.165) is 43.6 Å². The first-order chi connectivity index (χ1) is 25.7. The zero-order valence-corrected chi connectivity index (χ0v) is 30.4. The lowest BCUT2D eigenvalue weighted by Gasteiger charge is -2.32. The smallest absolute Gasteiger partial charge is 0.345 e. The number of rotatable bonds is 13. The van der Waals surface area contributed by atoms with Crippen LogP contribution in [0.1, 0.15) is 18.1 Å². The van der Waals surface area contributed by atoms with Crippen molar-refractivity contribution in [3.05, 3.63) is 95.0 Å². The molecule has 7 rings (SSSR count). The molecule has 0 bridgehead atoms. The van der Waals surface area contributed by atoms with Gasteiger partial charge in [-0.25, -0.2) is 24.1 Å². The molecule has 0 saturated carbocycles. The Hall–Kier alpha value is -5.30. The molecule has 1 N–H and O–H groups in total. The number of ether oxygens (including phenoxy) is 3. The molecule has 1 atom stereocenters. The summed E-state index contributed by atoms with van der Waals surface area (Å²) in [6.07, 6.45) is -0.219. The fraction of sp³-hybridized carbons (Fsp3) is 0.300. The van der Waals surface area contributed by atoms with Gasteiger partial charge in [-0.05, 0) is 74.5 Å².